The first-order valence-electron chi connectivity index (χ1n) is 7.75. The van der Waals surface area contributed by atoms with E-state index in [4.69, 9.17) is 10.3 Å². The minimum absolute atomic E-state index is 0.191. The monoisotopic (exact) mass is 378 g/mol. The van der Waals surface area contributed by atoms with Crippen molar-refractivity contribution in [3.05, 3.63) is 29.2 Å². The maximum absolute atomic E-state index is 11.2. The van der Waals surface area contributed by atoms with E-state index in [9.17, 15) is 4.79 Å². The molecule has 0 bridgehead atoms. The maximum Gasteiger partial charge on any atom is 0.229 e. The first-order valence-corrected chi connectivity index (χ1v) is 9.61. The molecule has 3 heterocycles. The van der Waals surface area contributed by atoms with E-state index in [-0.39, 0.29) is 18.2 Å². The quantitative estimate of drug-likeness (QED) is 0.600. The third kappa shape index (κ3) is 4.26. The summed E-state index contributed by atoms with van der Waals surface area (Å²) in [7, 11) is 0. The van der Waals surface area contributed by atoms with Crippen LogP contribution in [0.5, 0.6) is 0 Å². The molecule has 0 fully saturated rings. The molecule has 3 rings (SSSR count). The summed E-state index contributed by atoms with van der Waals surface area (Å²) in [5.74, 6) is 2.29. The van der Waals surface area contributed by atoms with Crippen LogP contribution in [0.2, 0.25) is 0 Å². The highest BCUT2D eigenvalue weighted by Crippen LogP contribution is 2.28. The Morgan fingerprint density at radius 1 is 1.44 bits per heavy atom. The maximum atomic E-state index is 11.2. The molecule has 0 saturated carbocycles. The molecular formula is C15H18N6O2S2. The molecule has 25 heavy (non-hydrogen) atoms. The summed E-state index contributed by atoms with van der Waals surface area (Å²) in [5.41, 5.74) is 5.29. The molecule has 0 aliphatic heterocycles. The highest BCUT2D eigenvalue weighted by molar-refractivity contribution is 7.98. The lowest BCUT2D eigenvalue weighted by Gasteiger charge is -2.07. The lowest BCUT2D eigenvalue weighted by atomic mass is 10.2. The van der Waals surface area contributed by atoms with Gasteiger partial charge in [-0.15, -0.1) is 21.5 Å². The van der Waals surface area contributed by atoms with E-state index in [0.717, 1.165) is 10.7 Å². The number of primary amides is 1. The van der Waals surface area contributed by atoms with Gasteiger partial charge in [-0.2, -0.15) is 4.98 Å². The predicted molar refractivity (Wildman–Crippen MR) is 95.1 cm³/mol. The molecule has 8 nitrogen and oxygen atoms in total. The topological polar surface area (TPSA) is 113 Å². The highest BCUT2D eigenvalue weighted by atomic mass is 32.2. The zero-order valence-corrected chi connectivity index (χ0v) is 15.5. The second-order valence-electron chi connectivity index (χ2n) is 5.64. The summed E-state index contributed by atoms with van der Waals surface area (Å²) in [6.07, 6.45) is 0.226. The van der Waals surface area contributed by atoms with E-state index >= 15 is 0 Å². The Morgan fingerprint density at radius 3 is 2.92 bits per heavy atom. The number of aromatic nitrogens is 5. The summed E-state index contributed by atoms with van der Waals surface area (Å²) in [4.78, 5) is 16.5. The number of carbonyl (C=O) groups excluding carboxylic acids is 1. The van der Waals surface area contributed by atoms with Gasteiger partial charge in [0.2, 0.25) is 11.8 Å². The van der Waals surface area contributed by atoms with Gasteiger partial charge >= 0.3 is 0 Å². The van der Waals surface area contributed by atoms with Gasteiger partial charge < -0.3 is 14.8 Å². The van der Waals surface area contributed by atoms with Gasteiger partial charge in [0.05, 0.1) is 10.6 Å². The van der Waals surface area contributed by atoms with Crippen molar-refractivity contribution in [3.63, 3.8) is 0 Å². The van der Waals surface area contributed by atoms with Crippen molar-refractivity contribution < 1.29 is 9.32 Å². The van der Waals surface area contributed by atoms with Crippen molar-refractivity contribution >= 4 is 29.0 Å². The van der Waals surface area contributed by atoms with Crippen LogP contribution in [0.15, 0.2) is 27.2 Å². The molecule has 10 heteroatoms. The Morgan fingerprint density at radius 2 is 2.28 bits per heavy atom. The van der Waals surface area contributed by atoms with Crippen LogP contribution in [-0.2, 0) is 17.1 Å². The van der Waals surface area contributed by atoms with Crippen molar-refractivity contribution in [1.82, 2.24) is 24.9 Å². The second kappa shape index (κ2) is 7.79. The summed E-state index contributed by atoms with van der Waals surface area (Å²) in [6, 6.07) is 3.92. The van der Waals surface area contributed by atoms with Crippen molar-refractivity contribution in [3.8, 4) is 10.7 Å². The van der Waals surface area contributed by atoms with Gasteiger partial charge in [0.15, 0.2) is 16.8 Å². The first kappa shape index (κ1) is 17.6. The van der Waals surface area contributed by atoms with Crippen LogP contribution in [0.4, 0.5) is 0 Å². The number of amides is 1. The zero-order chi connectivity index (χ0) is 17.8. The number of thioether (sulfide) groups is 1. The molecule has 132 valence electrons. The van der Waals surface area contributed by atoms with E-state index in [0.29, 0.717) is 29.2 Å². The number of nitrogens with zero attached hydrogens (tertiary/aromatic N) is 5. The smallest absolute Gasteiger partial charge is 0.229 e. The van der Waals surface area contributed by atoms with Crippen LogP contribution < -0.4 is 5.73 Å². The number of hydrogen-bond acceptors (Lipinski definition) is 8. The van der Waals surface area contributed by atoms with Crippen LogP contribution in [0.3, 0.4) is 0 Å². The highest BCUT2D eigenvalue weighted by Gasteiger charge is 2.17. The molecule has 0 aliphatic carbocycles. The standard InChI is InChI=1S/C15H18N6O2S2/c1-9(2)14-17-12(20-23-14)8-25-15-19-18-13(10-4-3-7-24-10)21(15)6-5-11(16)22/h3-4,7,9H,5-6,8H2,1-2H3,(H2,16,22). The number of carbonyl (C=O) groups is 1. The molecule has 0 aromatic carbocycles. The Bertz CT molecular complexity index is 840. The summed E-state index contributed by atoms with van der Waals surface area (Å²) < 4.78 is 7.12. The van der Waals surface area contributed by atoms with Gasteiger partial charge in [-0.25, -0.2) is 0 Å². The third-order valence-corrected chi connectivity index (χ3v) is 5.18. The van der Waals surface area contributed by atoms with Crippen LogP contribution in [0, 0.1) is 0 Å². The molecule has 0 saturated heterocycles. The fraction of sp³-hybridized carbons (Fsp3) is 0.400. The van der Waals surface area contributed by atoms with Crippen molar-refractivity contribution in [2.45, 2.75) is 43.6 Å². The van der Waals surface area contributed by atoms with Gasteiger partial charge in [0, 0.05) is 18.9 Å². The lowest BCUT2D eigenvalue weighted by Crippen LogP contribution is -2.14. The van der Waals surface area contributed by atoms with E-state index in [1.54, 1.807) is 11.3 Å². The largest absolute Gasteiger partial charge is 0.370 e. The first-order chi connectivity index (χ1) is 12.0. The number of rotatable bonds is 8. The molecule has 0 spiro atoms. The second-order valence-corrected chi connectivity index (χ2v) is 7.53. The Kier molecular flexibility index (Phi) is 5.49. The van der Waals surface area contributed by atoms with Gasteiger partial charge in [0.25, 0.3) is 0 Å². The van der Waals surface area contributed by atoms with Crippen molar-refractivity contribution in [1.29, 1.82) is 0 Å². The van der Waals surface area contributed by atoms with Gasteiger partial charge in [-0.3, -0.25) is 4.79 Å². The van der Waals surface area contributed by atoms with E-state index < -0.39 is 0 Å². The third-order valence-electron chi connectivity index (χ3n) is 3.35. The minimum Gasteiger partial charge on any atom is -0.370 e. The van der Waals surface area contributed by atoms with Crippen LogP contribution >= 0.6 is 23.1 Å². The Labute approximate surface area is 152 Å². The lowest BCUT2D eigenvalue weighted by molar-refractivity contribution is -0.118. The van der Waals surface area contributed by atoms with Crippen LogP contribution in [0.25, 0.3) is 10.7 Å². The van der Waals surface area contributed by atoms with Crippen molar-refractivity contribution in [2.24, 2.45) is 5.73 Å². The van der Waals surface area contributed by atoms with E-state index in [2.05, 4.69) is 20.3 Å². The summed E-state index contributed by atoms with van der Waals surface area (Å²) >= 11 is 3.02. The normalized spacial score (nSPS) is 11.3. The molecule has 2 N–H and O–H groups in total. The molecule has 0 unspecified atom stereocenters. The molecule has 0 aliphatic rings. The number of hydrogen-bond donors (Lipinski definition) is 1. The van der Waals surface area contributed by atoms with Gasteiger partial charge in [-0.1, -0.05) is 36.8 Å². The molecule has 0 atom stereocenters. The van der Waals surface area contributed by atoms with Gasteiger partial charge in [0.1, 0.15) is 0 Å². The fourth-order valence-electron chi connectivity index (χ4n) is 2.10. The average molecular weight is 378 g/mol. The molecule has 3 aromatic rings. The molecule has 0 radical (unpaired) electrons. The molecule has 1 amide bonds. The Hall–Kier alpha value is -2.20. The number of nitrogens with two attached hydrogens (primary N) is 1. The van der Waals surface area contributed by atoms with Gasteiger partial charge in [-0.05, 0) is 11.4 Å². The Balaban J connectivity index is 1.78. The average Bonchev–Trinajstić information content (AvgIpc) is 3.30. The zero-order valence-electron chi connectivity index (χ0n) is 13.9. The molecular weight excluding hydrogens is 360 g/mol. The minimum atomic E-state index is -0.360. The van der Waals surface area contributed by atoms with E-state index in [1.165, 1.54) is 11.8 Å². The summed E-state index contributed by atoms with van der Waals surface area (Å²) in [6.45, 7) is 4.43. The van der Waals surface area contributed by atoms with Crippen LogP contribution in [-0.4, -0.2) is 30.8 Å². The molecule has 3 aromatic heterocycles. The van der Waals surface area contributed by atoms with Crippen LogP contribution in [0.1, 0.15) is 37.9 Å². The predicted octanol–water partition coefficient (Wildman–Crippen LogP) is 2.68. The summed E-state index contributed by atoms with van der Waals surface area (Å²) in [5, 5.41) is 15.2. The van der Waals surface area contributed by atoms with E-state index in [1.807, 2.05) is 35.9 Å². The fourth-order valence-corrected chi connectivity index (χ4v) is 3.62. The number of thiophene rings is 1. The van der Waals surface area contributed by atoms with Crippen molar-refractivity contribution in [2.75, 3.05) is 0 Å². The SMILES string of the molecule is CC(C)c1nc(CSc2nnc(-c3cccs3)n2CCC(N)=O)no1.